The maximum absolute atomic E-state index is 13.6. The largest absolute Gasteiger partial charge is 0.378 e. The third-order valence-electron chi connectivity index (χ3n) is 8.03. The second-order valence-electron chi connectivity index (χ2n) is 11.1. The lowest BCUT2D eigenvalue weighted by atomic mass is 10.1. The summed E-state index contributed by atoms with van der Waals surface area (Å²) in [5.74, 6) is 6.18. The summed E-state index contributed by atoms with van der Waals surface area (Å²) in [7, 11) is 3.82. The maximum Gasteiger partial charge on any atom is 0.266 e. The molecule has 2 aliphatic rings. The second-order valence-corrected chi connectivity index (χ2v) is 11.1. The molecule has 0 bridgehead atoms. The molecule has 46 heavy (non-hydrogen) atoms. The van der Waals surface area contributed by atoms with Gasteiger partial charge in [0.2, 0.25) is 5.78 Å². The summed E-state index contributed by atoms with van der Waals surface area (Å²) in [4.78, 5) is 42.1. The van der Waals surface area contributed by atoms with Crippen molar-refractivity contribution in [3.05, 3.63) is 147 Å². The molecule has 0 radical (unpaired) electrons. The van der Waals surface area contributed by atoms with Gasteiger partial charge in [0.05, 0.1) is 39.8 Å². The van der Waals surface area contributed by atoms with Crippen LogP contribution in [0, 0.1) is 11.8 Å². The van der Waals surface area contributed by atoms with E-state index in [-0.39, 0.29) is 17.2 Å². The number of pyridine rings is 2. The van der Waals surface area contributed by atoms with E-state index in [1.165, 1.54) is 4.57 Å². The molecule has 0 fully saturated rings. The van der Waals surface area contributed by atoms with E-state index in [1.54, 1.807) is 48.9 Å². The van der Waals surface area contributed by atoms with Crippen molar-refractivity contribution in [2.24, 2.45) is 10.2 Å². The molecule has 3 aromatic heterocycles. The van der Waals surface area contributed by atoms with Crippen LogP contribution in [0.4, 0.5) is 5.69 Å². The number of hydrogen-bond donors (Lipinski definition) is 0. The molecule has 6 aromatic rings. The summed E-state index contributed by atoms with van der Waals surface area (Å²) >= 11 is 0. The van der Waals surface area contributed by atoms with E-state index < -0.39 is 0 Å². The van der Waals surface area contributed by atoms with Crippen LogP contribution < -0.4 is 10.5 Å². The molecule has 4 heterocycles. The molecule has 0 saturated heterocycles. The van der Waals surface area contributed by atoms with Crippen molar-refractivity contribution in [2.75, 3.05) is 19.0 Å². The third-order valence-corrected chi connectivity index (χ3v) is 8.03. The molecule has 0 atom stereocenters. The first kappa shape index (κ1) is 27.0. The predicted octanol–water partition coefficient (Wildman–Crippen LogP) is 5.04. The first-order valence-electron chi connectivity index (χ1n) is 14.5. The van der Waals surface area contributed by atoms with Crippen LogP contribution >= 0.6 is 0 Å². The molecule has 218 valence electrons. The Morgan fingerprint density at radius 3 is 2.20 bits per heavy atom. The minimum Gasteiger partial charge on any atom is -0.378 e. The molecule has 0 amide bonds. The monoisotopic (exact) mass is 597 g/mol. The lowest BCUT2D eigenvalue weighted by Gasteiger charge is -2.13. The van der Waals surface area contributed by atoms with Crippen molar-refractivity contribution in [1.82, 2.24) is 19.5 Å². The molecule has 0 saturated carbocycles. The Morgan fingerprint density at radius 1 is 0.783 bits per heavy atom. The van der Waals surface area contributed by atoms with Crippen LogP contribution in [-0.2, 0) is 0 Å². The number of nitrogens with zero attached hydrogens (tertiary/aromatic N) is 7. The Hall–Kier alpha value is -6.53. The topological polar surface area (TPSA) is 106 Å². The van der Waals surface area contributed by atoms with Crippen LogP contribution in [0.5, 0.6) is 0 Å². The van der Waals surface area contributed by atoms with Gasteiger partial charge in [0.1, 0.15) is 5.71 Å². The zero-order chi connectivity index (χ0) is 31.4. The van der Waals surface area contributed by atoms with E-state index in [1.807, 2.05) is 73.6 Å². The zero-order valence-electron chi connectivity index (χ0n) is 24.8. The Labute approximate surface area is 263 Å². The van der Waals surface area contributed by atoms with E-state index in [0.29, 0.717) is 27.7 Å². The Morgan fingerprint density at radius 2 is 1.48 bits per heavy atom. The first-order valence-corrected chi connectivity index (χ1v) is 14.5. The van der Waals surface area contributed by atoms with E-state index in [9.17, 15) is 9.59 Å². The quantitative estimate of drug-likeness (QED) is 0.161. The molecule has 0 unspecified atom stereocenters. The van der Waals surface area contributed by atoms with Gasteiger partial charge < -0.3 is 4.90 Å². The van der Waals surface area contributed by atoms with Crippen molar-refractivity contribution in [2.45, 2.75) is 0 Å². The molecule has 9 heteroatoms. The molecule has 3 aromatic carbocycles. The molecule has 0 spiro atoms. The minimum absolute atomic E-state index is 0.118. The van der Waals surface area contributed by atoms with Crippen LogP contribution in [0.15, 0.2) is 112 Å². The Kier molecular flexibility index (Phi) is 6.22. The number of anilines is 1. The molecular formula is C37H23N7O2. The SMILES string of the molecule is CN(C)c1ccc2nc3n(c(=O)c2c1)-c1cc(C#Cc2ccc(/C=N/N=C4c5cccnc5-c5ncccc54)cc2)ccc1C3=O. The van der Waals surface area contributed by atoms with Gasteiger partial charge in [-0.05, 0) is 78.4 Å². The van der Waals surface area contributed by atoms with Gasteiger partial charge in [-0.25, -0.2) is 4.98 Å². The van der Waals surface area contributed by atoms with Crippen molar-refractivity contribution in [1.29, 1.82) is 0 Å². The Balaban J connectivity index is 1.05. The molecule has 8 rings (SSSR count). The molecule has 1 aliphatic heterocycles. The summed E-state index contributed by atoms with van der Waals surface area (Å²) in [6.45, 7) is 0. The summed E-state index contributed by atoms with van der Waals surface area (Å²) in [5, 5.41) is 9.31. The van der Waals surface area contributed by atoms with Crippen LogP contribution in [0.2, 0.25) is 0 Å². The minimum atomic E-state index is -0.280. The van der Waals surface area contributed by atoms with E-state index in [0.717, 1.165) is 45.0 Å². The highest BCUT2D eigenvalue weighted by molar-refractivity contribution is 6.23. The normalized spacial score (nSPS) is 12.4. The fourth-order valence-electron chi connectivity index (χ4n) is 5.71. The summed E-state index contributed by atoms with van der Waals surface area (Å²) in [6, 6.07) is 26.1. The van der Waals surface area contributed by atoms with Gasteiger partial charge in [0.15, 0.2) is 5.82 Å². The fourth-order valence-corrected chi connectivity index (χ4v) is 5.71. The molecule has 9 nitrogen and oxygen atoms in total. The van der Waals surface area contributed by atoms with Gasteiger partial charge in [-0.3, -0.25) is 24.1 Å². The van der Waals surface area contributed by atoms with Crippen molar-refractivity contribution >= 4 is 34.3 Å². The molecular weight excluding hydrogens is 574 g/mol. The first-order chi connectivity index (χ1) is 22.5. The van der Waals surface area contributed by atoms with Gasteiger partial charge in [-0.2, -0.15) is 5.10 Å². The number of carbonyl (C=O) groups excluding carboxylic acids is 1. The number of rotatable bonds is 3. The number of carbonyl (C=O) groups is 1. The van der Waals surface area contributed by atoms with Gasteiger partial charge >= 0.3 is 0 Å². The average Bonchev–Trinajstić information content (AvgIpc) is 3.55. The lowest BCUT2D eigenvalue weighted by molar-refractivity contribution is 0.103. The van der Waals surface area contributed by atoms with Gasteiger partial charge in [-0.1, -0.05) is 24.0 Å². The van der Waals surface area contributed by atoms with Crippen LogP contribution in [0.1, 0.15) is 44.0 Å². The highest BCUT2D eigenvalue weighted by atomic mass is 16.1. The van der Waals surface area contributed by atoms with Gasteiger partial charge in [0, 0.05) is 54.4 Å². The summed E-state index contributed by atoms with van der Waals surface area (Å²) in [6.07, 6.45) is 5.19. The van der Waals surface area contributed by atoms with Crippen LogP contribution in [-0.4, -0.2) is 51.3 Å². The Bertz CT molecular complexity index is 2400. The summed E-state index contributed by atoms with van der Waals surface area (Å²) in [5.41, 5.74) is 8.55. The van der Waals surface area contributed by atoms with Crippen LogP contribution in [0.25, 0.3) is 28.0 Å². The predicted molar refractivity (Wildman–Crippen MR) is 178 cm³/mol. The highest BCUT2D eigenvalue weighted by Crippen LogP contribution is 2.33. The van der Waals surface area contributed by atoms with Crippen molar-refractivity contribution in [3.63, 3.8) is 0 Å². The third kappa shape index (κ3) is 4.40. The fraction of sp³-hybridized carbons (Fsp3) is 0.0541. The van der Waals surface area contributed by atoms with E-state index in [2.05, 4.69) is 37.0 Å². The van der Waals surface area contributed by atoms with Crippen molar-refractivity contribution < 1.29 is 4.79 Å². The number of ketones is 1. The number of fused-ring (bicyclic) bond motifs is 7. The number of benzene rings is 3. The standard InChI is InChI=1S/C37H23N7O2/c1-43(2)25-14-16-30-29(20-25)37(46)44-31-19-23(13-15-26(31)35(45)36(44)41-30)10-7-22-8-11-24(12-9-22)21-40-42-32-27-5-3-17-38-33(27)34-28(32)6-4-18-39-34/h3-6,8-9,11-21H,1-2H3/b40-21+. The number of hydrogen-bond acceptors (Lipinski definition) is 8. The average molecular weight is 598 g/mol. The maximum atomic E-state index is 13.6. The lowest BCUT2D eigenvalue weighted by Crippen LogP contribution is -2.22. The van der Waals surface area contributed by atoms with Gasteiger partial charge in [0.25, 0.3) is 5.56 Å². The summed E-state index contributed by atoms with van der Waals surface area (Å²) < 4.78 is 1.40. The van der Waals surface area contributed by atoms with E-state index in [4.69, 9.17) is 0 Å². The number of aromatic nitrogens is 4. The van der Waals surface area contributed by atoms with Gasteiger partial charge in [-0.15, -0.1) is 5.10 Å². The molecule has 1 aliphatic carbocycles. The zero-order valence-corrected chi connectivity index (χ0v) is 24.8. The van der Waals surface area contributed by atoms with Crippen molar-refractivity contribution in [3.8, 4) is 28.9 Å². The highest BCUT2D eigenvalue weighted by Gasteiger charge is 2.31. The van der Waals surface area contributed by atoms with E-state index >= 15 is 0 Å². The second kappa shape index (κ2) is 10.6. The smallest absolute Gasteiger partial charge is 0.266 e. The molecule has 0 N–H and O–H groups in total. The van der Waals surface area contributed by atoms with Crippen LogP contribution in [0.3, 0.4) is 0 Å².